The molecule has 0 radical (unpaired) electrons. The minimum atomic E-state index is 0.842. The number of anilines is 3. The molecule has 0 saturated carbocycles. The van der Waals surface area contributed by atoms with Gasteiger partial charge in [-0.1, -0.05) is 109 Å². The van der Waals surface area contributed by atoms with Crippen molar-refractivity contribution < 1.29 is 8.83 Å². The predicted molar refractivity (Wildman–Crippen MR) is 208 cm³/mol. The number of aromatic nitrogens is 1. The number of rotatable bonds is 4. The Hall–Kier alpha value is -6.78. The van der Waals surface area contributed by atoms with Gasteiger partial charge in [0.25, 0.3) is 0 Å². The molecule has 4 nitrogen and oxygen atoms in total. The average Bonchev–Trinajstić information content (AvgIpc) is 3.86. The van der Waals surface area contributed by atoms with Crippen LogP contribution in [-0.2, 0) is 0 Å². The molecule has 0 amide bonds. The lowest BCUT2D eigenvalue weighted by molar-refractivity contribution is 0.668. The first-order valence-electron chi connectivity index (χ1n) is 16.9. The van der Waals surface area contributed by atoms with Gasteiger partial charge >= 0.3 is 0 Å². The lowest BCUT2D eigenvalue weighted by atomic mass is 10.00. The molecule has 234 valence electrons. The number of hydrogen-bond donors (Lipinski definition) is 0. The largest absolute Gasteiger partial charge is 0.456 e. The molecule has 0 fully saturated rings. The highest BCUT2D eigenvalue weighted by Crippen LogP contribution is 2.51. The second-order valence-corrected chi connectivity index (χ2v) is 12.9. The van der Waals surface area contributed by atoms with Crippen molar-refractivity contribution in [3.63, 3.8) is 0 Å². The standard InChI is InChI=1S/C46H28N2O2/c1-2-15-30(16-3-1)47-35-21-9-6-18-32(35)44-36(47)22-12-23-37(44)48(38-24-13-27-42-45(38)34-20-8-10-25-40(34)49-42)39-28-29-14-4-5-17-31(29)43-33-19-7-11-26-41(33)50-46(39)43/h1-28H. The van der Waals surface area contributed by atoms with E-state index in [0.29, 0.717) is 0 Å². The first kappa shape index (κ1) is 27.2. The molecule has 0 atom stereocenters. The molecule has 11 aromatic rings. The van der Waals surface area contributed by atoms with Crippen LogP contribution in [0.1, 0.15) is 0 Å². The van der Waals surface area contributed by atoms with Crippen LogP contribution in [0, 0.1) is 0 Å². The zero-order valence-electron chi connectivity index (χ0n) is 26.9. The summed E-state index contributed by atoms with van der Waals surface area (Å²) in [5, 5.41) is 9.00. The van der Waals surface area contributed by atoms with Crippen LogP contribution in [0.5, 0.6) is 0 Å². The maximum atomic E-state index is 6.90. The van der Waals surface area contributed by atoms with Gasteiger partial charge in [0, 0.05) is 32.6 Å². The van der Waals surface area contributed by atoms with Crippen LogP contribution in [0.2, 0.25) is 0 Å². The monoisotopic (exact) mass is 640 g/mol. The molecular weight excluding hydrogens is 613 g/mol. The molecule has 0 saturated heterocycles. The van der Waals surface area contributed by atoms with E-state index in [1.807, 2.05) is 18.2 Å². The zero-order valence-corrected chi connectivity index (χ0v) is 26.9. The fourth-order valence-electron chi connectivity index (χ4n) is 8.10. The number of benzene rings is 8. The van der Waals surface area contributed by atoms with Crippen LogP contribution in [0.15, 0.2) is 179 Å². The molecule has 0 unspecified atom stereocenters. The molecule has 0 spiro atoms. The van der Waals surface area contributed by atoms with Crippen LogP contribution in [0.25, 0.3) is 82.1 Å². The van der Waals surface area contributed by atoms with E-state index >= 15 is 0 Å². The van der Waals surface area contributed by atoms with Gasteiger partial charge in [0.2, 0.25) is 0 Å². The summed E-state index contributed by atoms with van der Waals surface area (Å²) < 4.78 is 15.8. The summed E-state index contributed by atoms with van der Waals surface area (Å²) in [6.07, 6.45) is 0. The van der Waals surface area contributed by atoms with Crippen molar-refractivity contribution in [2.75, 3.05) is 4.90 Å². The highest BCUT2D eigenvalue weighted by molar-refractivity contribution is 6.25. The van der Waals surface area contributed by atoms with Crippen LogP contribution in [0.4, 0.5) is 17.1 Å². The van der Waals surface area contributed by atoms with E-state index in [1.54, 1.807) is 0 Å². The van der Waals surface area contributed by atoms with E-state index in [2.05, 4.69) is 161 Å². The molecule has 50 heavy (non-hydrogen) atoms. The summed E-state index contributed by atoms with van der Waals surface area (Å²) >= 11 is 0. The van der Waals surface area contributed by atoms with Crippen LogP contribution >= 0.6 is 0 Å². The molecule has 0 aliphatic carbocycles. The Morgan fingerprint density at radius 2 is 0.960 bits per heavy atom. The molecular formula is C46H28N2O2. The van der Waals surface area contributed by atoms with Crippen molar-refractivity contribution in [2.24, 2.45) is 0 Å². The topological polar surface area (TPSA) is 34.5 Å². The third-order valence-electron chi connectivity index (χ3n) is 10.1. The third-order valence-corrected chi connectivity index (χ3v) is 10.1. The van der Waals surface area contributed by atoms with Gasteiger partial charge in [0.05, 0.1) is 33.5 Å². The van der Waals surface area contributed by atoms with Crippen molar-refractivity contribution in [1.29, 1.82) is 0 Å². The second kappa shape index (κ2) is 10.4. The molecule has 3 aromatic heterocycles. The number of nitrogens with zero attached hydrogens (tertiary/aromatic N) is 2. The van der Waals surface area contributed by atoms with Crippen molar-refractivity contribution in [3.05, 3.63) is 170 Å². The van der Waals surface area contributed by atoms with Crippen LogP contribution in [-0.4, -0.2) is 4.57 Å². The van der Waals surface area contributed by atoms with Gasteiger partial charge in [-0.05, 0) is 71.4 Å². The quantitative estimate of drug-likeness (QED) is 0.192. The Morgan fingerprint density at radius 3 is 1.78 bits per heavy atom. The molecule has 0 N–H and O–H groups in total. The molecule has 4 heteroatoms. The molecule has 0 aliphatic heterocycles. The summed E-state index contributed by atoms with van der Waals surface area (Å²) in [7, 11) is 0. The summed E-state index contributed by atoms with van der Waals surface area (Å²) in [6, 6.07) is 60.0. The van der Waals surface area contributed by atoms with Gasteiger partial charge in [0.1, 0.15) is 16.7 Å². The minimum Gasteiger partial charge on any atom is -0.456 e. The Morgan fingerprint density at radius 1 is 0.380 bits per heavy atom. The van der Waals surface area contributed by atoms with Crippen molar-refractivity contribution >= 4 is 93.5 Å². The SMILES string of the molecule is c1ccc(-n2c3ccccc3c3c(N(c4cc5ccccc5c5c4oc4ccccc45)c4cccc5oc6ccccc6c45)cccc32)cc1. The zero-order chi connectivity index (χ0) is 32.8. The minimum absolute atomic E-state index is 0.842. The highest BCUT2D eigenvalue weighted by atomic mass is 16.3. The van der Waals surface area contributed by atoms with Gasteiger partial charge in [-0.2, -0.15) is 0 Å². The fraction of sp³-hybridized carbons (Fsp3) is 0. The Labute approximate surface area is 286 Å². The van der Waals surface area contributed by atoms with E-state index in [0.717, 1.165) is 88.4 Å². The van der Waals surface area contributed by atoms with E-state index in [9.17, 15) is 0 Å². The van der Waals surface area contributed by atoms with Crippen LogP contribution < -0.4 is 4.90 Å². The lowest BCUT2D eigenvalue weighted by Gasteiger charge is -2.27. The van der Waals surface area contributed by atoms with Crippen molar-refractivity contribution in [3.8, 4) is 5.69 Å². The van der Waals surface area contributed by atoms with Crippen molar-refractivity contribution in [1.82, 2.24) is 4.57 Å². The van der Waals surface area contributed by atoms with Gasteiger partial charge in [-0.3, -0.25) is 0 Å². The number of furan rings is 2. The summed E-state index contributed by atoms with van der Waals surface area (Å²) in [4.78, 5) is 2.41. The summed E-state index contributed by atoms with van der Waals surface area (Å²) in [5.41, 5.74) is 9.87. The van der Waals surface area contributed by atoms with E-state index < -0.39 is 0 Å². The van der Waals surface area contributed by atoms with E-state index in [1.165, 1.54) is 10.8 Å². The fourth-order valence-corrected chi connectivity index (χ4v) is 8.10. The molecule has 3 heterocycles. The maximum absolute atomic E-state index is 6.90. The molecule has 0 aliphatic rings. The predicted octanol–water partition coefficient (Wildman–Crippen LogP) is 13.2. The maximum Gasteiger partial charge on any atom is 0.160 e. The number of hydrogen-bond acceptors (Lipinski definition) is 3. The first-order chi connectivity index (χ1) is 24.8. The normalized spacial score (nSPS) is 12.0. The first-order valence-corrected chi connectivity index (χ1v) is 16.9. The highest BCUT2D eigenvalue weighted by Gasteiger charge is 2.27. The Kier molecular flexibility index (Phi) is 5.63. The lowest BCUT2D eigenvalue weighted by Crippen LogP contribution is -2.11. The number of para-hydroxylation sites is 4. The molecule has 11 rings (SSSR count). The third kappa shape index (κ3) is 3.76. The van der Waals surface area contributed by atoms with Crippen molar-refractivity contribution in [2.45, 2.75) is 0 Å². The van der Waals surface area contributed by atoms with Crippen LogP contribution in [0.3, 0.4) is 0 Å². The number of fused-ring (bicyclic) bond motifs is 11. The van der Waals surface area contributed by atoms with E-state index in [4.69, 9.17) is 8.83 Å². The van der Waals surface area contributed by atoms with Gasteiger partial charge in [-0.15, -0.1) is 0 Å². The van der Waals surface area contributed by atoms with Gasteiger partial charge in [0.15, 0.2) is 5.58 Å². The van der Waals surface area contributed by atoms with Gasteiger partial charge in [-0.25, -0.2) is 0 Å². The smallest absolute Gasteiger partial charge is 0.160 e. The Balaban J connectivity index is 1.35. The van der Waals surface area contributed by atoms with E-state index in [-0.39, 0.29) is 0 Å². The Bertz CT molecular complexity index is 3110. The summed E-state index contributed by atoms with van der Waals surface area (Å²) in [6.45, 7) is 0. The van der Waals surface area contributed by atoms with Gasteiger partial charge < -0.3 is 18.3 Å². The molecule has 0 bridgehead atoms. The second-order valence-electron chi connectivity index (χ2n) is 12.9. The summed E-state index contributed by atoms with van der Waals surface area (Å²) in [5.74, 6) is 0. The average molecular weight is 641 g/mol. The molecule has 8 aromatic carbocycles.